The predicted octanol–water partition coefficient (Wildman–Crippen LogP) is 2.40. The van der Waals surface area contributed by atoms with E-state index in [2.05, 4.69) is 10.6 Å². The van der Waals surface area contributed by atoms with E-state index in [9.17, 15) is 19.2 Å². The van der Waals surface area contributed by atoms with Crippen LogP contribution in [0.2, 0.25) is 5.02 Å². The first-order valence-corrected chi connectivity index (χ1v) is 11.6. The van der Waals surface area contributed by atoms with Crippen LogP contribution in [-0.4, -0.2) is 34.6 Å². The van der Waals surface area contributed by atoms with Gasteiger partial charge in [0.25, 0.3) is 0 Å². The molecule has 0 unspecified atom stereocenters. The Balaban J connectivity index is 1.63. The molecule has 0 aliphatic carbocycles. The number of nitrogens with two attached hydrogens (primary N) is 1. The first-order chi connectivity index (χ1) is 16.2. The maximum absolute atomic E-state index is 13.9. The molecule has 3 heterocycles. The fourth-order valence-corrected chi connectivity index (χ4v) is 5.98. The van der Waals surface area contributed by atoms with Crippen molar-refractivity contribution in [3.63, 3.8) is 0 Å². The first-order valence-electron chi connectivity index (χ1n) is 11.3. The highest BCUT2D eigenvalue weighted by atomic mass is 35.5. The summed E-state index contributed by atoms with van der Waals surface area (Å²) in [5, 5.41) is 6.68. The van der Waals surface area contributed by atoms with Crippen LogP contribution in [0, 0.1) is 18.8 Å². The standard InChI is InChI=1S/C25H25ClN4O4/c1-12-16(26)9-8-15-21(12)28-24(34)25(15)20-19(17(29-25)10-11-18(27)31)22(32)30(23(20)33)13(2)14-6-4-3-5-7-14/h3-9,13,17,19-20,29H,10-11H2,1-2H3,(H2,27,31)(H,28,34)/t13-,17-,19-,20+,25-/m1/s1. The number of nitrogens with zero attached hydrogens (tertiary/aromatic N) is 1. The Bertz CT molecular complexity index is 1230. The van der Waals surface area contributed by atoms with Crippen molar-refractivity contribution in [1.29, 1.82) is 0 Å². The Hall–Kier alpha value is -3.23. The maximum Gasteiger partial charge on any atom is 0.250 e. The van der Waals surface area contributed by atoms with Crippen LogP contribution in [0.25, 0.3) is 0 Å². The summed E-state index contributed by atoms with van der Waals surface area (Å²) in [4.78, 5) is 54.1. The average Bonchev–Trinajstić information content (AvgIpc) is 3.40. The van der Waals surface area contributed by atoms with Crippen LogP contribution in [0.3, 0.4) is 0 Å². The van der Waals surface area contributed by atoms with Crippen molar-refractivity contribution in [3.05, 3.63) is 64.2 Å². The van der Waals surface area contributed by atoms with Crippen LogP contribution in [0.15, 0.2) is 42.5 Å². The van der Waals surface area contributed by atoms with Crippen molar-refractivity contribution in [2.24, 2.45) is 17.6 Å². The number of benzene rings is 2. The lowest BCUT2D eigenvalue weighted by atomic mass is 9.76. The van der Waals surface area contributed by atoms with Crippen LogP contribution in [0.4, 0.5) is 5.69 Å². The topological polar surface area (TPSA) is 122 Å². The smallest absolute Gasteiger partial charge is 0.250 e. The fraction of sp³-hybridized carbons (Fsp3) is 0.360. The molecule has 3 aliphatic rings. The minimum absolute atomic E-state index is 0.0286. The van der Waals surface area contributed by atoms with E-state index < -0.39 is 47.2 Å². The number of fused-ring (bicyclic) bond motifs is 4. The largest absolute Gasteiger partial charge is 0.370 e. The van der Waals surface area contributed by atoms with Gasteiger partial charge in [0.05, 0.1) is 23.6 Å². The number of anilines is 1. The monoisotopic (exact) mass is 480 g/mol. The third-order valence-electron chi connectivity index (χ3n) is 7.49. The predicted molar refractivity (Wildman–Crippen MR) is 126 cm³/mol. The summed E-state index contributed by atoms with van der Waals surface area (Å²) in [7, 11) is 0. The number of likely N-dealkylation sites (tertiary alicyclic amines) is 1. The SMILES string of the molecule is Cc1c(Cl)ccc2c1NC(=O)[C@@]21N[C@H](CCC(N)=O)[C@H]2C(=O)N([C@H](C)c3ccccc3)C(=O)[C@H]21. The number of hydrogen-bond acceptors (Lipinski definition) is 5. The summed E-state index contributed by atoms with van der Waals surface area (Å²) in [6.07, 6.45) is 0.265. The second-order valence-corrected chi connectivity index (χ2v) is 9.66. The molecule has 176 valence electrons. The van der Waals surface area contributed by atoms with Gasteiger partial charge >= 0.3 is 0 Å². The molecule has 9 heteroatoms. The first kappa shape index (κ1) is 22.6. The summed E-state index contributed by atoms with van der Waals surface area (Å²) < 4.78 is 0. The lowest BCUT2D eigenvalue weighted by Crippen LogP contribution is -2.53. The second kappa shape index (κ2) is 7.92. The van der Waals surface area contributed by atoms with Crippen molar-refractivity contribution >= 4 is 40.9 Å². The zero-order valence-corrected chi connectivity index (χ0v) is 19.6. The van der Waals surface area contributed by atoms with Gasteiger partial charge in [0.2, 0.25) is 23.6 Å². The highest BCUT2D eigenvalue weighted by Gasteiger charge is 2.70. The molecule has 2 saturated heterocycles. The summed E-state index contributed by atoms with van der Waals surface area (Å²) >= 11 is 6.29. The van der Waals surface area contributed by atoms with Crippen LogP contribution < -0.4 is 16.4 Å². The molecule has 34 heavy (non-hydrogen) atoms. The average molecular weight is 481 g/mol. The molecule has 2 aromatic rings. The molecule has 2 fully saturated rings. The van der Waals surface area contributed by atoms with Gasteiger partial charge in [-0.3, -0.25) is 29.4 Å². The van der Waals surface area contributed by atoms with Gasteiger partial charge in [-0.25, -0.2) is 0 Å². The van der Waals surface area contributed by atoms with E-state index in [1.807, 2.05) is 30.3 Å². The molecular weight excluding hydrogens is 456 g/mol. The van der Waals surface area contributed by atoms with Gasteiger partial charge in [0.1, 0.15) is 5.54 Å². The summed E-state index contributed by atoms with van der Waals surface area (Å²) in [6.45, 7) is 3.60. The van der Waals surface area contributed by atoms with Crippen molar-refractivity contribution in [3.8, 4) is 0 Å². The van der Waals surface area contributed by atoms with Gasteiger partial charge in [0, 0.05) is 23.0 Å². The second-order valence-electron chi connectivity index (χ2n) is 9.25. The zero-order chi connectivity index (χ0) is 24.4. The minimum atomic E-state index is -1.43. The number of carbonyl (C=O) groups is 4. The third-order valence-corrected chi connectivity index (χ3v) is 7.90. The van der Waals surface area contributed by atoms with Crippen LogP contribution >= 0.6 is 11.6 Å². The number of halogens is 1. The molecule has 1 spiro atoms. The van der Waals surface area contributed by atoms with Crippen molar-refractivity contribution < 1.29 is 19.2 Å². The van der Waals surface area contributed by atoms with E-state index in [0.717, 1.165) is 5.56 Å². The third kappa shape index (κ3) is 3.02. The van der Waals surface area contributed by atoms with Gasteiger partial charge < -0.3 is 11.1 Å². The maximum atomic E-state index is 13.9. The zero-order valence-electron chi connectivity index (χ0n) is 18.8. The fourth-order valence-electron chi connectivity index (χ4n) is 5.82. The van der Waals surface area contributed by atoms with E-state index in [4.69, 9.17) is 17.3 Å². The van der Waals surface area contributed by atoms with Gasteiger partial charge in [-0.2, -0.15) is 0 Å². The molecule has 0 saturated carbocycles. The van der Waals surface area contributed by atoms with Crippen LogP contribution in [-0.2, 0) is 24.7 Å². The molecule has 3 aliphatic heterocycles. The quantitative estimate of drug-likeness (QED) is 0.567. The van der Waals surface area contributed by atoms with E-state index in [1.54, 1.807) is 26.0 Å². The summed E-state index contributed by atoms with van der Waals surface area (Å²) in [5.74, 6) is -3.42. The molecule has 0 radical (unpaired) electrons. The molecule has 5 atom stereocenters. The molecule has 2 aromatic carbocycles. The number of primary amides is 1. The molecule has 4 N–H and O–H groups in total. The Morgan fingerprint density at radius 1 is 1.15 bits per heavy atom. The van der Waals surface area contributed by atoms with Crippen LogP contribution in [0.5, 0.6) is 0 Å². The van der Waals surface area contributed by atoms with Gasteiger partial charge in [-0.15, -0.1) is 0 Å². The lowest BCUT2D eigenvalue weighted by Gasteiger charge is -2.31. The number of carbonyl (C=O) groups excluding carboxylic acids is 4. The molecule has 8 nitrogen and oxygen atoms in total. The Labute approximate surface area is 201 Å². The number of amides is 4. The van der Waals surface area contributed by atoms with Gasteiger partial charge in [-0.1, -0.05) is 48.0 Å². The molecule has 0 aromatic heterocycles. The van der Waals surface area contributed by atoms with E-state index >= 15 is 0 Å². The Morgan fingerprint density at radius 2 is 1.85 bits per heavy atom. The highest BCUT2D eigenvalue weighted by molar-refractivity contribution is 6.32. The Morgan fingerprint density at radius 3 is 2.53 bits per heavy atom. The van der Waals surface area contributed by atoms with Gasteiger partial charge in [-0.05, 0) is 37.5 Å². The Kier molecular flexibility index (Phi) is 5.26. The highest BCUT2D eigenvalue weighted by Crippen LogP contribution is 2.55. The van der Waals surface area contributed by atoms with Crippen molar-refractivity contribution in [2.75, 3.05) is 5.32 Å². The molecule has 0 bridgehead atoms. The lowest BCUT2D eigenvalue weighted by molar-refractivity contribution is -0.145. The van der Waals surface area contributed by atoms with E-state index in [1.165, 1.54) is 4.90 Å². The molecular formula is C25H25ClN4O4. The number of imide groups is 1. The van der Waals surface area contributed by atoms with Crippen molar-refractivity contribution in [2.45, 2.75) is 44.3 Å². The normalized spacial score (nSPS) is 28.3. The van der Waals surface area contributed by atoms with E-state index in [-0.39, 0.29) is 18.7 Å². The van der Waals surface area contributed by atoms with Gasteiger partial charge in [0.15, 0.2) is 0 Å². The molecule has 4 amide bonds. The summed E-state index contributed by atoms with van der Waals surface area (Å²) in [6, 6.07) is 11.6. The molecule has 5 rings (SSSR count). The number of hydrogen-bond donors (Lipinski definition) is 3. The number of nitrogens with one attached hydrogen (secondary N) is 2. The van der Waals surface area contributed by atoms with E-state index in [0.29, 0.717) is 21.8 Å². The number of rotatable bonds is 5. The minimum Gasteiger partial charge on any atom is -0.370 e. The van der Waals surface area contributed by atoms with Crippen molar-refractivity contribution in [1.82, 2.24) is 10.2 Å². The van der Waals surface area contributed by atoms with Crippen LogP contribution in [0.1, 0.15) is 42.5 Å². The summed E-state index contributed by atoms with van der Waals surface area (Å²) in [5.41, 5.74) is 6.60.